The molecule has 0 saturated carbocycles. The summed E-state index contributed by atoms with van der Waals surface area (Å²) in [5.74, 6) is -1.68. The fourth-order valence-electron chi connectivity index (χ4n) is 0.822. The third-order valence-corrected chi connectivity index (χ3v) is 1.29. The maximum absolute atomic E-state index is 10.6. The Balaban J connectivity index is 2.56. The Labute approximate surface area is 62.2 Å². The largest absolute Gasteiger partial charge is 0.479 e. The van der Waals surface area contributed by atoms with Crippen LogP contribution in [0.2, 0.25) is 0 Å². The van der Waals surface area contributed by atoms with E-state index in [4.69, 9.17) is 10.2 Å². The number of carbonyl (C=O) groups is 2. The average Bonchev–Trinajstić information content (AvgIpc) is 1.85. The Morgan fingerprint density at radius 2 is 2.27 bits per heavy atom. The van der Waals surface area contributed by atoms with Gasteiger partial charge >= 0.3 is 5.97 Å². The van der Waals surface area contributed by atoms with Gasteiger partial charge in [-0.2, -0.15) is 0 Å². The van der Waals surface area contributed by atoms with Gasteiger partial charge in [0, 0.05) is 0 Å². The van der Waals surface area contributed by atoms with Crippen molar-refractivity contribution in [3.05, 3.63) is 0 Å². The molecule has 62 valence electrons. The second-order valence-corrected chi connectivity index (χ2v) is 2.23. The Hall–Kier alpha value is -1.14. The summed E-state index contributed by atoms with van der Waals surface area (Å²) < 4.78 is 0. The molecular formula is C5H8N2O4. The van der Waals surface area contributed by atoms with E-state index < -0.39 is 24.3 Å². The van der Waals surface area contributed by atoms with Crippen molar-refractivity contribution in [2.24, 2.45) is 0 Å². The number of aliphatic carboxylic acids is 1. The predicted molar refractivity (Wildman–Crippen MR) is 33.3 cm³/mol. The normalized spacial score (nSPS) is 31.2. The SMILES string of the molecule is O=C1CC(O)NC(C(=O)O)N1. The number of aliphatic hydroxyl groups excluding tert-OH is 1. The first kappa shape index (κ1) is 7.96. The number of carboxylic acids is 1. The molecule has 0 aromatic rings. The number of carboxylic acid groups (broad SMARTS) is 1. The fourth-order valence-corrected chi connectivity index (χ4v) is 0.822. The molecule has 6 heteroatoms. The predicted octanol–water partition coefficient (Wildman–Crippen LogP) is -2.17. The standard InChI is InChI=1S/C5H8N2O4/c8-2-1-3(9)7-4(6-2)5(10)11/h2,4,6,8H,1H2,(H,7,9)(H,10,11). The molecule has 1 aliphatic rings. The van der Waals surface area contributed by atoms with Gasteiger partial charge in [-0.25, -0.2) is 4.79 Å². The molecule has 11 heavy (non-hydrogen) atoms. The number of nitrogens with one attached hydrogen (secondary N) is 2. The summed E-state index contributed by atoms with van der Waals surface area (Å²) in [5.41, 5.74) is 0. The molecule has 4 N–H and O–H groups in total. The van der Waals surface area contributed by atoms with Crippen LogP contribution in [0.5, 0.6) is 0 Å². The van der Waals surface area contributed by atoms with Gasteiger partial charge in [0.25, 0.3) is 0 Å². The first-order chi connectivity index (χ1) is 5.09. The minimum absolute atomic E-state index is 0.107. The maximum Gasteiger partial charge on any atom is 0.341 e. The summed E-state index contributed by atoms with van der Waals surface area (Å²) in [6, 6.07) is 0. The quantitative estimate of drug-likeness (QED) is 0.349. The molecule has 1 heterocycles. The average molecular weight is 160 g/mol. The van der Waals surface area contributed by atoms with Crippen molar-refractivity contribution >= 4 is 11.9 Å². The Bertz CT molecular complexity index is 193. The highest BCUT2D eigenvalue weighted by Crippen LogP contribution is 1.96. The van der Waals surface area contributed by atoms with E-state index in [0.29, 0.717) is 0 Å². The van der Waals surface area contributed by atoms with Gasteiger partial charge in [-0.1, -0.05) is 0 Å². The van der Waals surface area contributed by atoms with Crippen LogP contribution in [-0.2, 0) is 9.59 Å². The lowest BCUT2D eigenvalue weighted by Crippen LogP contribution is -2.59. The van der Waals surface area contributed by atoms with E-state index >= 15 is 0 Å². The molecule has 1 rings (SSSR count). The first-order valence-corrected chi connectivity index (χ1v) is 3.06. The Kier molecular flexibility index (Phi) is 2.06. The second-order valence-electron chi connectivity index (χ2n) is 2.23. The summed E-state index contributed by atoms with van der Waals surface area (Å²) in [7, 11) is 0. The summed E-state index contributed by atoms with van der Waals surface area (Å²) in [6.07, 6.45) is -2.35. The van der Waals surface area contributed by atoms with Crippen LogP contribution in [0.3, 0.4) is 0 Å². The van der Waals surface area contributed by atoms with Crippen molar-refractivity contribution in [2.45, 2.75) is 18.8 Å². The molecule has 1 fully saturated rings. The number of hydrogen-bond donors (Lipinski definition) is 4. The summed E-state index contributed by atoms with van der Waals surface area (Å²) in [4.78, 5) is 20.9. The molecule has 0 aliphatic carbocycles. The molecule has 1 amide bonds. The lowest BCUT2D eigenvalue weighted by molar-refractivity contribution is -0.147. The van der Waals surface area contributed by atoms with Crippen LogP contribution in [-0.4, -0.2) is 34.5 Å². The van der Waals surface area contributed by atoms with E-state index in [1.54, 1.807) is 0 Å². The van der Waals surface area contributed by atoms with E-state index in [9.17, 15) is 9.59 Å². The molecule has 0 radical (unpaired) electrons. The molecule has 6 nitrogen and oxygen atoms in total. The van der Waals surface area contributed by atoms with E-state index in [0.717, 1.165) is 0 Å². The van der Waals surface area contributed by atoms with Gasteiger partial charge in [0.1, 0.15) is 6.23 Å². The maximum atomic E-state index is 10.6. The van der Waals surface area contributed by atoms with Crippen LogP contribution in [0.15, 0.2) is 0 Å². The highest BCUT2D eigenvalue weighted by Gasteiger charge is 2.28. The molecule has 0 aromatic heterocycles. The molecular weight excluding hydrogens is 152 g/mol. The Morgan fingerprint density at radius 1 is 1.64 bits per heavy atom. The van der Waals surface area contributed by atoms with Crippen LogP contribution in [0.4, 0.5) is 0 Å². The van der Waals surface area contributed by atoms with Crippen LogP contribution < -0.4 is 10.6 Å². The van der Waals surface area contributed by atoms with Crippen molar-refractivity contribution < 1.29 is 19.8 Å². The topological polar surface area (TPSA) is 98.7 Å². The van der Waals surface area contributed by atoms with Gasteiger partial charge < -0.3 is 15.5 Å². The molecule has 1 aliphatic heterocycles. The fraction of sp³-hybridized carbons (Fsp3) is 0.600. The zero-order valence-corrected chi connectivity index (χ0v) is 5.57. The number of rotatable bonds is 1. The van der Waals surface area contributed by atoms with Gasteiger partial charge in [-0.05, 0) is 0 Å². The van der Waals surface area contributed by atoms with E-state index in [-0.39, 0.29) is 6.42 Å². The van der Waals surface area contributed by atoms with Gasteiger partial charge in [-0.3, -0.25) is 10.1 Å². The molecule has 0 bridgehead atoms. The highest BCUT2D eigenvalue weighted by atomic mass is 16.4. The lowest BCUT2D eigenvalue weighted by Gasteiger charge is -2.25. The van der Waals surface area contributed by atoms with Crippen molar-refractivity contribution in [3.8, 4) is 0 Å². The number of aliphatic hydroxyl groups is 1. The van der Waals surface area contributed by atoms with Crippen LogP contribution >= 0.6 is 0 Å². The summed E-state index contributed by atoms with van der Waals surface area (Å²) in [5, 5.41) is 21.7. The van der Waals surface area contributed by atoms with E-state index in [1.165, 1.54) is 0 Å². The van der Waals surface area contributed by atoms with Gasteiger partial charge in [0.2, 0.25) is 5.91 Å². The smallest absolute Gasteiger partial charge is 0.341 e. The monoisotopic (exact) mass is 160 g/mol. The minimum atomic E-state index is -1.21. The van der Waals surface area contributed by atoms with Gasteiger partial charge in [0.05, 0.1) is 6.42 Å². The van der Waals surface area contributed by atoms with E-state index in [2.05, 4.69) is 10.6 Å². The van der Waals surface area contributed by atoms with Crippen LogP contribution in [0, 0.1) is 0 Å². The highest BCUT2D eigenvalue weighted by molar-refractivity contribution is 5.84. The van der Waals surface area contributed by atoms with Crippen molar-refractivity contribution in [1.82, 2.24) is 10.6 Å². The zero-order chi connectivity index (χ0) is 8.43. The summed E-state index contributed by atoms with van der Waals surface area (Å²) in [6.45, 7) is 0. The summed E-state index contributed by atoms with van der Waals surface area (Å²) >= 11 is 0. The van der Waals surface area contributed by atoms with Crippen LogP contribution in [0.1, 0.15) is 6.42 Å². The third-order valence-electron chi connectivity index (χ3n) is 1.29. The lowest BCUT2D eigenvalue weighted by atomic mass is 10.2. The Morgan fingerprint density at radius 3 is 2.73 bits per heavy atom. The van der Waals surface area contributed by atoms with Crippen molar-refractivity contribution in [2.75, 3.05) is 0 Å². The molecule has 1 saturated heterocycles. The van der Waals surface area contributed by atoms with Gasteiger partial charge in [-0.15, -0.1) is 0 Å². The number of amides is 1. The first-order valence-electron chi connectivity index (χ1n) is 3.06. The van der Waals surface area contributed by atoms with Crippen molar-refractivity contribution in [3.63, 3.8) is 0 Å². The van der Waals surface area contributed by atoms with Crippen molar-refractivity contribution in [1.29, 1.82) is 0 Å². The molecule has 2 atom stereocenters. The zero-order valence-electron chi connectivity index (χ0n) is 5.57. The number of hydrogen-bond acceptors (Lipinski definition) is 4. The molecule has 0 spiro atoms. The second kappa shape index (κ2) is 2.85. The minimum Gasteiger partial charge on any atom is -0.479 e. The van der Waals surface area contributed by atoms with Crippen LogP contribution in [0.25, 0.3) is 0 Å². The number of carbonyl (C=O) groups excluding carboxylic acids is 1. The van der Waals surface area contributed by atoms with Gasteiger partial charge in [0.15, 0.2) is 6.17 Å². The molecule has 0 aromatic carbocycles. The van der Waals surface area contributed by atoms with E-state index in [1.807, 2.05) is 0 Å². The molecule has 2 unspecified atom stereocenters. The third kappa shape index (κ3) is 1.89.